The molecule has 5 heteroatoms. The van der Waals surface area contributed by atoms with E-state index in [2.05, 4.69) is 12.2 Å². The van der Waals surface area contributed by atoms with E-state index in [1.54, 1.807) is 19.3 Å². The van der Waals surface area contributed by atoms with E-state index in [1.165, 1.54) is 10.6 Å². The molecule has 1 fully saturated rings. The minimum atomic E-state index is -0.785. The van der Waals surface area contributed by atoms with Crippen molar-refractivity contribution in [3.63, 3.8) is 0 Å². The van der Waals surface area contributed by atoms with Gasteiger partial charge in [0.1, 0.15) is 0 Å². The summed E-state index contributed by atoms with van der Waals surface area (Å²) in [7, 11) is 1.65. The SMILES string of the molecule is CC1CCCC(N)(C(=O)Nc2ccc(=O)n(C)c2)C1. The van der Waals surface area contributed by atoms with Gasteiger partial charge in [0.05, 0.1) is 11.2 Å². The number of aryl methyl sites for hydroxylation is 1. The lowest BCUT2D eigenvalue weighted by Crippen LogP contribution is -2.53. The maximum absolute atomic E-state index is 12.3. The van der Waals surface area contributed by atoms with Gasteiger partial charge in [-0.05, 0) is 24.8 Å². The highest BCUT2D eigenvalue weighted by Crippen LogP contribution is 2.31. The maximum atomic E-state index is 12.3. The number of carbonyl (C=O) groups excluding carboxylic acids is 1. The largest absolute Gasteiger partial charge is 0.323 e. The van der Waals surface area contributed by atoms with E-state index < -0.39 is 5.54 Å². The number of rotatable bonds is 2. The number of hydrogen-bond acceptors (Lipinski definition) is 3. The molecule has 1 aromatic rings. The summed E-state index contributed by atoms with van der Waals surface area (Å²) in [6.07, 6.45) is 5.15. The van der Waals surface area contributed by atoms with Crippen molar-refractivity contribution in [3.05, 3.63) is 28.7 Å². The Labute approximate surface area is 112 Å². The molecule has 0 aliphatic heterocycles. The normalized spacial score (nSPS) is 27.0. The Balaban J connectivity index is 2.11. The predicted octanol–water partition coefficient (Wildman–Crippen LogP) is 1.23. The van der Waals surface area contributed by atoms with Gasteiger partial charge in [-0.15, -0.1) is 0 Å². The van der Waals surface area contributed by atoms with E-state index in [0.29, 0.717) is 18.0 Å². The number of carbonyl (C=O) groups is 1. The first-order chi connectivity index (χ1) is 8.90. The lowest BCUT2D eigenvalue weighted by Gasteiger charge is -2.35. The highest BCUT2D eigenvalue weighted by atomic mass is 16.2. The Morgan fingerprint density at radius 1 is 1.53 bits per heavy atom. The van der Waals surface area contributed by atoms with Crippen LogP contribution in [0.4, 0.5) is 5.69 Å². The van der Waals surface area contributed by atoms with Gasteiger partial charge in [-0.3, -0.25) is 9.59 Å². The maximum Gasteiger partial charge on any atom is 0.250 e. The van der Waals surface area contributed by atoms with Crippen molar-refractivity contribution in [1.82, 2.24) is 4.57 Å². The lowest BCUT2D eigenvalue weighted by molar-refractivity contribution is -0.122. The summed E-state index contributed by atoms with van der Waals surface area (Å²) in [6, 6.07) is 3.04. The topological polar surface area (TPSA) is 77.1 Å². The van der Waals surface area contributed by atoms with Gasteiger partial charge in [0.25, 0.3) is 0 Å². The van der Waals surface area contributed by atoms with Crippen LogP contribution in [0.2, 0.25) is 0 Å². The van der Waals surface area contributed by atoms with E-state index in [9.17, 15) is 9.59 Å². The van der Waals surface area contributed by atoms with Crippen LogP contribution < -0.4 is 16.6 Å². The van der Waals surface area contributed by atoms with Crippen LogP contribution in [-0.2, 0) is 11.8 Å². The molecule has 3 N–H and O–H groups in total. The van der Waals surface area contributed by atoms with Gasteiger partial charge >= 0.3 is 0 Å². The first-order valence-corrected chi connectivity index (χ1v) is 6.68. The summed E-state index contributed by atoms with van der Waals surface area (Å²) >= 11 is 0. The molecule has 2 rings (SSSR count). The number of anilines is 1. The van der Waals surface area contributed by atoms with Crippen LogP contribution in [0.3, 0.4) is 0 Å². The van der Waals surface area contributed by atoms with Crippen LogP contribution in [0.25, 0.3) is 0 Å². The standard InChI is InChI=1S/C14H21N3O2/c1-10-4-3-7-14(15,8-10)13(19)16-11-5-6-12(18)17(2)9-11/h5-6,9-10H,3-4,7-8,15H2,1-2H3,(H,16,19). The van der Waals surface area contributed by atoms with E-state index in [0.717, 1.165) is 19.3 Å². The first kappa shape index (κ1) is 13.8. The Kier molecular flexibility index (Phi) is 3.75. The minimum absolute atomic E-state index is 0.105. The molecule has 0 bridgehead atoms. The smallest absolute Gasteiger partial charge is 0.250 e. The van der Waals surface area contributed by atoms with Gasteiger partial charge in [-0.1, -0.05) is 19.8 Å². The fourth-order valence-corrected chi connectivity index (χ4v) is 2.72. The molecule has 1 amide bonds. The molecule has 19 heavy (non-hydrogen) atoms. The number of nitrogens with zero attached hydrogens (tertiary/aromatic N) is 1. The van der Waals surface area contributed by atoms with Crippen LogP contribution in [-0.4, -0.2) is 16.0 Å². The van der Waals surface area contributed by atoms with Crippen molar-refractivity contribution in [2.24, 2.45) is 18.7 Å². The Hall–Kier alpha value is -1.62. The highest BCUT2D eigenvalue weighted by molar-refractivity contribution is 5.97. The molecule has 5 nitrogen and oxygen atoms in total. The lowest BCUT2D eigenvalue weighted by atomic mass is 9.76. The van der Waals surface area contributed by atoms with E-state index in [1.807, 2.05) is 0 Å². The monoisotopic (exact) mass is 263 g/mol. The van der Waals surface area contributed by atoms with Crippen molar-refractivity contribution in [3.8, 4) is 0 Å². The molecule has 0 radical (unpaired) electrons. The van der Waals surface area contributed by atoms with E-state index >= 15 is 0 Å². The quantitative estimate of drug-likeness (QED) is 0.842. The number of hydrogen-bond donors (Lipinski definition) is 2. The van der Waals surface area contributed by atoms with Gasteiger partial charge in [0, 0.05) is 19.3 Å². The van der Waals surface area contributed by atoms with Gasteiger partial charge in [-0.25, -0.2) is 0 Å². The van der Waals surface area contributed by atoms with Crippen molar-refractivity contribution >= 4 is 11.6 Å². The molecule has 0 aromatic carbocycles. The second-order valence-corrected chi connectivity index (χ2v) is 5.68. The van der Waals surface area contributed by atoms with Crippen LogP contribution in [0, 0.1) is 5.92 Å². The molecular weight excluding hydrogens is 242 g/mol. The van der Waals surface area contributed by atoms with Gasteiger partial charge in [-0.2, -0.15) is 0 Å². The molecule has 1 aromatic heterocycles. The summed E-state index contributed by atoms with van der Waals surface area (Å²) in [5, 5.41) is 2.82. The van der Waals surface area contributed by atoms with Crippen LogP contribution in [0.1, 0.15) is 32.6 Å². The Morgan fingerprint density at radius 2 is 2.26 bits per heavy atom. The van der Waals surface area contributed by atoms with Crippen molar-refractivity contribution < 1.29 is 4.79 Å². The molecule has 0 saturated heterocycles. The molecular formula is C14H21N3O2. The summed E-state index contributed by atoms with van der Waals surface area (Å²) in [6.45, 7) is 2.13. The zero-order valence-corrected chi connectivity index (χ0v) is 11.5. The molecule has 0 spiro atoms. The van der Waals surface area contributed by atoms with Crippen molar-refractivity contribution in [2.45, 2.75) is 38.1 Å². The zero-order valence-electron chi connectivity index (χ0n) is 11.5. The first-order valence-electron chi connectivity index (χ1n) is 6.68. The minimum Gasteiger partial charge on any atom is -0.323 e. The second kappa shape index (κ2) is 5.17. The van der Waals surface area contributed by atoms with Crippen molar-refractivity contribution in [1.29, 1.82) is 0 Å². The third kappa shape index (κ3) is 3.04. The Bertz CT molecular complexity index is 538. The predicted molar refractivity (Wildman–Crippen MR) is 74.9 cm³/mol. The second-order valence-electron chi connectivity index (χ2n) is 5.68. The van der Waals surface area contributed by atoms with Gasteiger partial charge in [0.2, 0.25) is 11.5 Å². The van der Waals surface area contributed by atoms with Crippen LogP contribution >= 0.6 is 0 Å². The zero-order chi connectivity index (χ0) is 14.0. The number of amides is 1. The number of nitrogens with one attached hydrogen (secondary N) is 1. The Morgan fingerprint density at radius 3 is 2.89 bits per heavy atom. The molecule has 1 heterocycles. The summed E-state index contributed by atoms with van der Waals surface area (Å²) in [4.78, 5) is 23.6. The van der Waals surface area contributed by atoms with Gasteiger partial charge < -0.3 is 15.6 Å². The average molecular weight is 263 g/mol. The van der Waals surface area contributed by atoms with E-state index in [-0.39, 0.29) is 11.5 Å². The fourth-order valence-electron chi connectivity index (χ4n) is 2.72. The average Bonchev–Trinajstić information content (AvgIpc) is 2.33. The molecule has 1 aliphatic carbocycles. The third-order valence-electron chi connectivity index (χ3n) is 3.83. The molecule has 2 atom stereocenters. The molecule has 1 saturated carbocycles. The van der Waals surface area contributed by atoms with Gasteiger partial charge in [0.15, 0.2) is 0 Å². The van der Waals surface area contributed by atoms with E-state index in [4.69, 9.17) is 5.73 Å². The molecule has 104 valence electrons. The number of aromatic nitrogens is 1. The third-order valence-corrected chi connectivity index (χ3v) is 3.83. The highest BCUT2D eigenvalue weighted by Gasteiger charge is 2.37. The molecule has 2 unspecified atom stereocenters. The van der Waals surface area contributed by atoms with Crippen molar-refractivity contribution in [2.75, 3.05) is 5.32 Å². The summed E-state index contributed by atoms with van der Waals surface area (Å²) in [5.74, 6) is 0.322. The van der Waals surface area contributed by atoms with Crippen LogP contribution in [0.5, 0.6) is 0 Å². The molecule has 1 aliphatic rings. The summed E-state index contributed by atoms with van der Waals surface area (Å²) in [5.41, 5.74) is 5.94. The number of nitrogens with two attached hydrogens (primary N) is 1. The van der Waals surface area contributed by atoms with Crippen LogP contribution in [0.15, 0.2) is 23.1 Å². The summed E-state index contributed by atoms with van der Waals surface area (Å²) < 4.78 is 1.43. The fraction of sp³-hybridized carbons (Fsp3) is 0.571. The number of pyridine rings is 1.